The van der Waals surface area contributed by atoms with Gasteiger partial charge in [-0.2, -0.15) is 0 Å². The van der Waals surface area contributed by atoms with Crippen LogP contribution >= 0.6 is 12.2 Å². The molecule has 6 rings (SSSR count). The van der Waals surface area contributed by atoms with Crippen molar-refractivity contribution >= 4 is 34.6 Å². The number of morpholine rings is 1. The van der Waals surface area contributed by atoms with Gasteiger partial charge in [0.15, 0.2) is 5.11 Å². The number of nitrogens with zero attached hydrogens (tertiary/aromatic N) is 4. The quantitative estimate of drug-likeness (QED) is 0.230. The largest absolute Gasteiger partial charge is 0.378 e. The average molecular weight is 609 g/mol. The van der Waals surface area contributed by atoms with Crippen LogP contribution in [0.15, 0.2) is 79.0 Å². The van der Waals surface area contributed by atoms with Crippen molar-refractivity contribution in [3.05, 3.63) is 107 Å². The normalized spacial score (nSPS) is 18.4. The summed E-state index contributed by atoms with van der Waals surface area (Å²) in [5.41, 5.74) is 8.69. The first-order valence-electron chi connectivity index (χ1n) is 15.4. The molecule has 0 saturated carbocycles. The van der Waals surface area contributed by atoms with Crippen LogP contribution < -0.4 is 15.5 Å². The first-order valence-corrected chi connectivity index (χ1v) is 15.8. The summed E-state index contributed by atoms with van der Waals surface area (Å²) in [5.74, 6) is -0.0282. The minimum absolute atomic E-state index is 0.0282. The third-order valence-corrected chi connectivity index (χ3v) is 9.08. The minimum atomic E-state index is -0.148. The van der Waals surface area contributed by atoms with Gasteiger partial charge in [-0.05, 0) is 92.1 Å². The summed E-state index contributed by atoms with van der Waals surface area (Å²) in [6.45, 7) is 10.2. The highest BCUT2D eigenvalue weighted by molar-refractivity contribution is 7.80. The van der Waals surface area contributed by atoms with Crippen LogP contribution in [0.4, 0.5) is 11.4 Å². The van der Waals surface area contributed by atoms with Crippen molar-refractivity contribution in [2.75, 3.05) is 43.1 Å². The predicted octanol–water partition coefficient (Wildman–Crippen LogP) is 5.89. The third-order valence-electron chi connectivity index (χ3n) is 8.72. The van der Waals surface area contributed by atoms with Crippen LogP contribution in [0.2, 0.25) is 0 Å². The van der Waals surface area contributed by atoms with Crippen molar-refractivity contribution in [2.45, 2.75) is 45.7 Å². The number of ether oxygens (including phenoxy) is 1. The maximum absolute atomic E-state index is 13.2. The van der Waals surface area contributed by atoms with E-state index in [1.165, 1.54) is 11.3 Å². The number of pyridine rings is 1. The molecule has 0 aliphatic carbocycles. The molecule has 228 valence electrons. The van der Waals surface area contributed by atoms with Gasteiger partial charge in [0.25, 0.3) is 0 Å². The van der Waals surface area contributed by atoms with E-state index in [9.17, 15) is 4.79 Å². The Hall–Kier alpha value is -4.21. The number of hydrogen-bond donors (Lipinski definition) is 2. The first kappa shape index (κ1) is 29.8. The minimum Gasteiger partial charge on any atom is -0.378 e. The Kier molecular flexibility index (Phi) is 8.95. The molecule has 1 amide bonds. The van der Waals surface area contributed by atoms with Gasteiger partial charge in [0.1, 0.15) is 0 Å². The van der Waals surface area contributed by atoms with Crippen LogP contribution in [0.5, 0.6) is 0 Å². The summed E-state index contributed by atoms with van der Waals surface area (Å²) >= 11 is 5.90. The molecule has 4 heterocycles. The molecule has 8 nitrogen and oxygen atoms in total. The average Bonchev–Trinajstić information content (AvgIpc) is 3.54. The Labute approximate surface area is 265 Å². The molecule has 44 heavy (non-hydrogen) atoms. The number of nitrogens with one attached hydrogen (secondary N) is 2. The smallest absolute Gasteiger partial charge is 0.226 e. The van der Waals surface area contributed by atoms with E-state index in [0.29, 0.717) is 18.1 Å². The molecule has 2 saturated heterocycles. The molecular formula is C35H40N6O2S. The van der Waals surface area contributed by atoms with Crippen LogP contribution in [0.3, 0.4) is 0 Å². The maximum atomic E-state index is 13.2. The van der Waals surface area contributed by atoms with E-state index in [1.807, 2.05) is 42.6 Å². The number of para-hydroxylation sites is 1. The zero-order chi connectivity index (χ0) is 30.6. The number of thiocarbonyl (C=S) groups is 1. The maximum Gasteiger partial charge on any atom is 0.226 e. The van der Waals surface area contributed by atoms with E-state index in [2.05, 4.69) is 82.2 Å². The number of hydrogen-bond acceptors (Lipinski definition) is 5. The van der Waals surface area contributed by atoms with Crippen LogP contribution in [0.1, 0.15) is 53.6 Å². The highest BCUT2D eigenvalue weighted by Gasteiger charge is 2.41. The van der Waals surface area contributed by atoms with Gasteiger partial charge in [-0.1, -0.05) is 31.2 Å². The Morgan fingerprint density at radius 1 is 1.02 bits per heavy atom. The van der Waals surface area contributed by atoms with Gasteiger partial charge in [0, 0.05) is 60.7 Å². The van der Waals surface area contributed by atoms with Gasteiger partial charge >= 0.3 is 0 Å². The second-order valence-electron chi connectivity index (χ2n) is 11.4. The second-order valence-corrected chi connectivity index (χ2v) is 11.8. The highest BCUT2D eigenvalue weighted by atomic mass is 32.1. The number of carbonyl (C=O) groups excluding carboxylic acids is 1. The topological polar surface area (TPSA) is 74.7 Å². The molecule has 0 bridgehead atoms. The molecule has 2 aliphatic heterocycles. The molecule has 2 atom stereocenters. The van der Waals surface area contributed by atoms with E-state index in [0.717, 1.165) is 66.7 Å². The Morgan fingerprint density at radius 3 is 2.48 bits per heavy atom. The predicted molar refractivity (Wildman–Crippen MR) is 180 cm³/mol. The lowest BCUT2D eigenvalue weighted by molar-refractivity contribution is -0.116. The van der Waals surface area contributed by atoms with Gasteiger partial charge in [0.05, 0.1) is 31.0 Å². The lowest BCUT2D eigenvalue weighted by Crippen LogP contribution is -2.36. The Balaban J connectivity index is 1.28. The number of benzene rings is 2. The number of anilines is 2. The van der Waals surface area contributed by atoms with E-state index < -0.39 is 0 Å². The van der Waals surface area contributed by atoms with Crippen LogP contribution in [-0.2, 0) is 16.0 Å². The monoisotopic (exact) mass is 608 g/mol. The van der Waals surface area contributed by atoms with E-state index in [1.54, 1.807) is 0 Å². The molecule has 4 aromatic rings. The number of amides is 1. The third kappa shape index (κ3) is 6.07. The van der Waals surface area contributed by atoms with Crippen molar-refractivity contribution in [1.82, 2.24) is 19.8 Å². The fourth-order valence-electron chi connectivity index (χ4n) is 6.49. The number of aryl methyl sites for hydroxylation is 2. The number of aromatic nitrogens is 2. The summed E-state index contributed by atoms with van der Waals surface area (Å²) < 4.78 is 7.84. The summed E-state index contributed by atoms with van der Waals surface area (Å²) in [7, 11) is 0. The zero-order valence-electron chi connectivity index (χ0n) is 25.6. The lowest BCUT2D eigenvalue weighted by Gasteiger charge is -2.29. The highest BCUT2D eigenvalue weighted by Crippen LogP contribution is 2.41. The Morgan fingerprint density at radius 2 is 1.75 bits per heavy atom. The SMILES string of the molecule is CCc1ccccc1NC(=O)CCN1C(=S)N[C@H](c2ccccn2)[C@H]1c1cc(C)n(-c2ccc(N3CCOCC3)cc2)c1C. The van der Waals surface area contributed by atoms with Crippen LogP contribution in [0, 0.1) is 13.8 Å². The molecule has 2 aromatic carbocycles. The molecule has 2 N–H and O–H groups in total. The van der Waals surface area contributed by atoms with E-state index in [-0.39, 0.29) is 18.0 Å². The van der Waals surface area contributed by atoms with Gasteiger partial charge in [-0.3, -0.25) is 9.78 Å². The molecule has 0 radical (unpaired) electrons. The van der Waals surface area contributed by atoms with Crippen molar-refractivity contribution in [3.8, 4) is 5.69 Å². The molecule has 0 unspecified atom stereocenters. The summed E-state index contributed by atoms with van der Waals surface area (Å²) in [4.78, 5) is 22.4. The summed E-state index contributed by atoms with van der Waals surface area (Å²) in [6.07, 6.45) is 2.99. The van der Waals surface area contributed by atoms with Crippen molar-refractivity contribution in [2.24, 2.45) is 0 Å². The van der Waals surface area contributed by atoms with E-state index >= 15 is 0 Å². The van der Waals surface area contributed by atoms with Crippen molar-refractivity contribution < 1.29 is 9.53 Å². The van der Waals surface area contributed by atoms with Gasteiger partial charge in [0.2, 0.25) is 5.91 Å². The molecule has 0 spiro atoms. The molecule has 2 fully saturated rings. The Bertz CT molecular complexity index is 1610. The van der Waals surface area contributed by atoms with Crippen molar-refractivity contribution in [3.63, 3.8) is 0 Å². The lowest BCUT2D eigenvalue weighted by atomic mass is 9.96. The van der Waals surface area contributed by atoms with Crippen LogP contribution in [0.25, 0.3) is 5.69 Å². The van der Waals surface area contributed by atoms with Crippen LogP contribution in [-0.4, -0.2) is 58.3 Å². The summed E-state index contributed by atoms with van der Waals surface area (Å²) in [5, 5.41) is 7.29. The second kappa shape index (κ2) is 13.2. The molecule has 9 heteroatoms. The van der Waals surface area contributed by atoms with Gasteiger partial charge in [-0.15, -0.1) is 0 Å². The molecule has 2 aromatic heterocycles. The fourth-order valence-corrected chi connectivity index (χ4v) is 6.82. The fraction of sp³-hybridized carbons (Fsp3) is 0.343. The zero-order valence-corrected chi connectivity index (χ0v) is 26.4. The number of rotatable bonds is 9. The first-order chi connectivity index (χ1) is 21.4. The van der Waals surface area contributed by atoms with Gasteiger partial charge in [-0.25, -0.2) is 0 Å². The van der Waals surface area contributed by atoms with Gasteiger partial charge < -0.3 is 29.7 Å². The molecule has 2 aliphatic rings. The number of carbonyl (C=O) groups is 1. The standard InChI is InChI=1S/C35H40N6O2S/c1-4-26-9-5-6-10-30(26)37-32(42)16-18-40-34(33(38-35(40)44)31-11-7-8-17-36-31)29-23-24(2)41(25(29)3)28-14-12-27(13-15-28)39-19-21-43-22-20-39/h5-15,17,23,33-34H,4,16,18-22H2,1-3H3,(H,37,42)(H,38,44)/t33-,34-/m1/s1. The summed E-state index contributed by atoms with van der Waals surface area (Å²) in [6, 6.07) is 24.7. The molecular weight excluding hydrogens is 568 g/mol. The van der Waals surface area contributed by atoms with E-state index in [4.69, 9.17) is 21.9 Å². The van der Waals surface area contributed by atoms with Crippen molar-refractivity contribution in [1.29, 1.82) is 0 Å².